The van der Waals surface area contributed by atoms with Crippen molar-refractivity contribution in [3.05, 3.63) is 78.0 Å². The fraction of sp³-hybridized carbons (Fsp3) is 0.227. The summed E-state index contributed by atoms with van der Waals surface area (Å²) in [5, 5.41) is 14.2. The van der Waals surface area contributed by atoms with Gasteiger partial charge in [0.1, 0.15) is 5.82 Å². The molecule has 0 radical (unpaired) electrons. The molecule has 0 atom stereocenters. The second-order valence-electron chi connectivity index (χ2n) is 6.72. The molecule has 1 aromatic heterocycles. The van der Waals surface area contributed by atoms with Crippen molar-refractivity contribution in [3.8, 4) is 0 Å². The fourth-order valence-corrected chi connectivity index (χ4v) is 2.74. The summed E-state index contributed by atoms with van der Waals surface area (Å²) in [7, 11) is 3.95. The van der Waals surface area contributed by atoms with Crippen LogP contribution in [0.1, 0.15) is 22.5 Å². The van der Waals surface area contributed by atoms with Gasteiger partial charge in [-0.25, -0.2) is 0 Å². The normalized spacial score (nSPS) is 10.4. The quantitative estimate of drug-likeness (QED) is 0.586. The first kappa shape index (κ1) is 19.4. The Balaban J connectivity index is 1.47. The van der Waals surface area contributed by atoms with Gasteiger partial charge in [0.2, 0.25) is 0 Å². The fourth-order valence-electron chi connectivity index (χ4n) is 2.74. The van der Waals surface area contributed by atoms with Crippen LogP contribution in [-0.2, 0) is 6.42 Å². The highest BCUT2D eigenvalue weighted by Crippen LogP contribution is 2.16. The zero-order chi connectivity index (χ0) is 19.8. The van der Waals surface area contributed by atoms with E-state index in [9.17, 15) is 4.79 Å². The van der Waals surface area contributed by atoms with Gasteiger partial charge in [-0.2, -0.15) is 0 Å². The third kappa shape index (κ3) is 5.54. The Bertz CT molecular complexity index is 877. The van der Waals surface area contributed by atoms with Gasteiger partial charge in [-0.15, -0.1) is 10.2 Å². The lowest BCUT2D eigenvalue weighted by Gasteiger charge is -2.13. The van der Waals surface area contributed by atoms with Gasteiger partial charge in [0.05, 0.1) is 0 Å². The highest BCUT2D eigenvalue weighted by molar-refractivity contribution is 6.02. The van der Waals surface area contributed by atoms with Crippen LogP contribution in [0.4, 0.5) is 17.2 Å². The van der Waals surface area contributed by atoms with Gasteiger partial charge < -0.3 is 15.5 Å². The van der Waals surface area contributed by atoms with E-state index < -0.39 is 0 Å². The Kier molecular flexibility index (Phi) is 6.57. The molecule has 0 saturated heterocycles. The molecule has 0 aliphatic rings. The summed E-state index contributed by atoms with van der Waals surface area (Å²) in [6, 6.07) is 21.5. The number of hydrogen-bond acceptors (Lipinski definition) is 5. The van der Waals surface area contributed by atoms with E-state index >= 15 is 0 Å². The predicted octanol–water partition coefficient (Wildman–Crippen LogP) is 3.84. The smallest absolute Gasteiger partial charge is 0.276 e. The van der Waals surface area contributed by atoms with E-state index in [1.165, 1.54) is 5.56 Å². The SMILES string of the molecule is CN(C)c1ccc(NC(=O)c2ccc(NCCCc3ccccc3)nn2)cc1. The number of aryl methyl sites for hydroxylation is 1. The molecule has 0 aliphatic carbocycles. The van der Waals surface area contributed by atoms with E-state index in [2.05, 4.69) is 45.1 Å². The molecule has 0 bridgehead atoms. The van der Waals surface area contributed by atoms with Gasteiger partial charge in [-0.3, -0.25) is 4.79 Å². The molecule has 2 N–H and O–H groups in total. The minimum Gasteiger partial charge on any atom is -0.378 e. The number of nitrogens with one attached hydrogen (secondary N) is 2. The third-order valence-electron chi connectivity index (χ3n) is 4.33. The molecule has 28 heavy (non-hydrogen) atoms. The lowest BCUT2D eigenvalue weighted by atomic mass is 10.1. The Morgan fingerprint density at radius 2 is 1.68 bits per heavy atom. The van der Waals surface area contributed by atoms with Crippen LogP contribution in [0.5, 0.6) is 0 Å². The van der Waals surface area contributed by atoms with Gasteiger partial charge in [0, 0.05) is 32.0 Å². The van der Waals surface area contributed by atoms with E-state index in [4.69, 9.17) is 0 Å². The molecule has 0 fully saturated rings. The van der Waals surface area contributed by atoms with Crippen LogP contribution in [0.25, 0.3) is 0 Å². The molecule has 6 heteroatoms. The first-order valence-electron chi connectivity index (χ1n) is 9.32. The molecule has 0 spiro atoms. The number of amides is 1. The van der Waals surface area contributed by atoms with Crippen molar-refractivity contribution >= 4 is 23.1 Å². The topological polar surface area (TPSA) is 70.2 Å². The molecule has 144 valence electrons. The Hall–Kier alpha value is -3.41. The average Bonchev–Trinajstić information content (AvgIpc) is 2.73. The lowest BCUT2D eigenvalue weighted by Crippen LogP contribution is -2.15. The van der Waals surface area contributed by atoms with Crippen molar-refractivity contribution in [3.63, 3.8) is 0 Å². The summed E-state index contributed by atoms with van der Waals surface area (Å²) >= 11 is 0. The predicted molar refractivity (Wildman–Crippen MR) is 114 cm³/mol. The van der Waals surface area contributed by atoms with Crippen molar-refractivity contribution in [2.45, 2.75) is 12.8 Å². The molecule has 3 rings (SSSR count). The standard InChI is InChI=1S/C22H25N5O/c1-27(2)19-12-10-18(11-13-19)24-22(28)20-14-15-21(26-25-20)23-16-6-9-17-7-4-3-5-8-17/h3-5,7-8,10-15H,6,9,16H2,1-2H3,(H,23,26)(H,24,28). The van der Waals surface area contributed by atoms with Crippen molar-refractivity contribution in [2.75, 3.05) is 36.2 Å². The number of rotatable bonds is 8. The third-order valence-corrected chi connectivity index (χ3v) is 4.33. The maximum absolute atomic E-state index is 12.3. The number of carbonyl (C=O) groups is 1. The van der Waals surface area contributed by atoms with Crippen LogP contribution >= 0.6 is 0 Å². The number of anilines is 3. The second-order valence-corrected chi connectivity index (χ2v) is 6.72. The average molecular weight is 375 g/mol. The zero-order valence-electron chi connectivity index (χ0n) is 16.2. The molecular formula is C22H25N5O. The Morgan fingerprint density at radius 1 is 0.929 bits per heavy atom. The van der Waals surface area contributed by atoms with Crippen LogP contribution in [-0.4, -0.2) is 36.7 Å². The summed E-state index contributed by atoms with van der Waals surface area (Å²) in [4.78, 5) is 14.3. The molecule has 1 heterocycles. The molecule has 2 aromatic carbocycles. The number of aromatic nitrogens is 2. The number of carbonyl (C=O) groups excluding carboxylic acids is 1. The minimum absolute atomic E-state index is 0.277. The van der Waals surface area contributed by atoms with Crippen LogP contribution in [0.15, 0.2) is 66.7 Å². The number of hydrogen-bond donors (Lipinski definition) is 2. The van der Waals surface area contributed by atoms with Crippen molar-refractivity contribution in [1.29, 1.82) is 0 Å². The molecular weight excluding hydrogens is 350 g/mol. The zero-order valence-corrected chi connectivity index (χ0v) is 16.2. The van der Waals surface area contributed by atoms with E-state index in [1.54, 1.807) is 12.1 Å². The molecule has 3 aromatic rings. The largest absolute Gasteiger partial charge is 0.378 e. The van der Waals surface area contributed by atoms with Crippen molar-refractivity contribution in [2.24, 2.45) is 0 Å². The molecule has 0 saturated carbocycles. The van der Waals surface area contributed by atoms with Gasteiger partial charge in [-0.1, -0.05) is 30.3 Å². The van der Waals surface area contributed by atoms with Gasteiger partial charge >= 0.3 is 0 Å². The van der Waals surface area contributed by atoms with Crippen LogP contribution in [0.3, 0.4) is 0 Å². The van der Waals surface area contributed by atoms with Crippen molar-refractivity contribution in [1.82, 2.24) is 10.2 Å². The highest BCUT2D eigenvalue weighted by Gasteiger charge is 2.09. The summed E-state index contributed by atoms with van der Waals surface area (Å²) in [5.74, 6) is 0.390. The van der Waals surface area contributed by atoms with E-state index in [1.807, 2.05) is 49.3 Å². The maximum Gasteiger partial charge on any atom is 0.276 e. The highest BCUT2D eigenvalue weighted by atomic mass is 16.1. The molecule has 0 aliphatic heterocycles. The lowest BCUT2D eigenvalue weighted by molar-refractivity contribution is 0.102. The summed E-state index contributed by atoms with van der Waals surface area (Å²) in [6.07, 6.45) is 2.01. The Labute approximate surface area is 165 Å². The van der Waals surface area contributed by atoms with E-state index in [-0.39, 0.29) is 11.6 Å². The summed E-state index contributed by atoms with van der Waals surface area (Å²) in [5.41, 5.74) is 3.40. The molecule has 1 amide bonds. The van der Waals surface area contributed by atoms with Gasteiger partial charge in [0.25, 0.3) is 5.91 Å². The molecule has 0 unspecified atom stereocenters. The van der Waals surface area contributed by atoms with E-state index in [0.29, 0.717) is 5.82 Å². The van der Waals surface area contributed by atoms with Gasteiger partial charge in [0.15, 0.2) is 5.69 Å². The number of benzene rings is 2. The maximum atomic E-state index is 12.3. The van der Waals surface area contributed by atoms with Gasteiger partial charge in [-0.05, 0) is 54.8 Å². The van der Waals surface area contributed by atoms with Crippen LogP contribution in [0, 0.1) is 0 Å². The second kappa shape index (κ2) is 9.50. The summed E-state index contributed by atoms with van der Waals surface area (Å²) < 4.78 is 0. The number of nitrogens with zero attached hydrogens (tertiary/aromatic N) is 3. The van der Waals surface area contributed by atoms with Crippen LogP contribution in [0.2, 0.25) is 0 Å². The molecule has 6 nitrogen and oxygen atoms in total. The minimum atomic E-state index is -0.277. The van der Waals surface area contributed by atoms with Crippen molar-refractivity contribution < 1.29 is 4.79 Å². The van der Waals surface area contributed by atoms with E-state index in [0.717, 1.165) is 30.8 Å². The van der Waals surface area contributed by atoms with Crippen LogP contribution < -0.4 is 15.5 Å². The first-order valence-corrected chi connectivity index (χ1v) is 9.32. The first-order chi connectivity index (χ1) is 13.6. The Morgan fingerprint density at radius 3 is 2.32 bits per heavy atom. The monoisotopic (exact) mass is 375 g/mol. The summed E-state index contributed by atoms with van der Waals surface area (Å²) in [6.45, 7) is 0.799.